The van der Waals surface area contributed by atoms with Crippen molar-refractivity contribution in [1.29, 1.82) is 0 Å². The molecule has 9 heteroatoms. The minimum atomic E-state index is 0. The third-order valence-electron chi connectivity index (χ3n) is 5.78. The molecule has 2 aliphatic heterocycles. The first-order chi connectivity index (χ1) is 14.7. The Hall–Kier alpha value is -1.59. The van der Waals surface area contributed by atoms with Gasteiger partial charge in [-0.15, -0.1) is 35.3 Å². The lowest BCUT2D eigenvalue weighted by Crippen LogP contribution is -2.52. The lowest BCUT2D eigenvalue weighted by Gasteiger charge is -2.37. The fourth-order valence-corrected chi connectivity index (χ4v) is 4.70. The van der Waals surface area contributed by atoms with E-state index in [1.54, 1.807) is 0 Å². The maximum atomic E-state index is 4.90. The van der Waals surface area contributed by atoms with E-state index in [-0.39, 0.29) is 24.0 Å². The van der Waals surface area contributed by atoms with Gasteiger partial charge in [0.25, 0.3) is 0 Å². The number of nitrogens with zero attached hydrogens (tertiary/aromatic N) is 6. The van der Waals surface area contributed by atoms with Gasteiger partial charge in [0.05, 0.1) is 11.5 Å². The van der Waals surface area contributed by atoms with Crippen molar-refractivity contribution in [3.8, 4) is 0 Å². The van der Waals surface area contributed by atoms with Gasteiger partial charge in [-0.05, 0) is 43.1 Å². The van der Waals surface area contributed by atoms with Crippen molar-refractivity contribution in [1.82, 2.24) is 20.1 Å². The van der Waals surface area contributed by atoms with E-state index in [2.05, 4.69) is 68.5 Å². The van der Waals surface area contributed by atoms with E-state index in [9.17, 15) is 0 Å². The van der Waals surface area contributed by atoms with Crippen LogP contribution in [0.4, 0.5) is 10.8 Å². The number of anilines is 2. The number of aliphatic imine (C=N–C) groups is 1. The summed E-state index contributed by atoms with van der Waals surface area (Å²) < 4.78 is 0. The average molecular weight is 556 g/mol. The number of rotatable bonds is 5. The van der Waals surface area contributed by atoms with Crippen LogP contribution in [-0.4, -0.2) is 86.7 Å². The molecule has 2 fully saturated rings. The van der Waals surface area contributed by atoms with Gasteiger partial charge >= 0.3 is 0 Å². The van der Waals surface area contributed by atoms with E-state index in [0.29, 0.717) is 6.54 Å². The normalized spacial score (nSPS) is 18.1. The molecule has 0 bridgehead atoms. The van der Waals surface area contributed by atoms with Crippen LogP contribution >= 0.6 is 35.3 Å². The minimum Gasteiger partial charge on any atom is -0.360 e. The summed E-state index contributed by atoms with van der Waals surface area (Å²) in [4.78, 5) is 19.2. The zero-order valence-electron chi connectivity index (χ0n) is 18.5. The summed E-state index contributed by atoms with van der Waals surface area (Å²) in [6.45, 7) is 12.0. The summed E-state index contributed by atoms with van der Waals surface area (Å²) in [6, 6.07) is 8.64. The van der Waals surface area contributed by atoms with Crippen LogP contribution in [0.5, 0.6) is 0 Å². The highest BCUT2D eigenvalue weighted by Crippen LogP contribution is 2.22. The van der Waals surface area contributed by atoms with Gasteiger partial charge in [-0.1, -0.05) is 6.07 Å². The molecule has 0 aromatic carbocycles. The third kappa shape index (κ3) is 6.45. The number of halogens is 1. The molecule has 2 aliphatic rings. The summed E-state index contributed by atoms with van der Waals surface area (Å²) in [5.41, 5.74) is 1.15. The fourth-order valence-electron chi connectivity index (χ4n) is 3.91. The molecular weight excluding hydrogens is 521 g/mol. The van der Waals surface area contributed by atoms with Crippen LogP contribution in [0.1, 0.15) is 12.5 Å². The van der Waals surface area contributed by atoms with Gasteiger partial charge in [0.1, 0.15) is 5.82 Å². The van der Waals surface area contributed by atoms with E-state index in [0.717, 1.165) is 76.2 Å². The molecule has 170 valence electrons. The second-order valence-electron chi connectivity index (χ2n) is 7.91. The summed E-state index contributed by atoms with van der Waals surface area (Å²) in [5.74, 6) is 2.08. The molecule has 4 rings (SSSR count). The minimum absolute atomic E-state index is 0. The quantitative estimate of drug-likeness (QED) is 0.348. The highest BCUT2D eigenvalue weighted by Gasteiger charge is 2.20. The first-order valence-corrected chi connectivity index (χ1v) is 11.8. The number of piperazine rings is 2. The standard InChI is InChI=1S/C22H33N7S.HI/c1-3-23-22(29-14-12-28(13-15-29)21-5-4-16-30-21)25-18-19-6-7-20(24-17-19)27-10-8-26(2)9-11-27;/h4-7,16-17H,3,8-15,18H2,1-2H3,(H,23,25);1H. The molecular formula is C22H34IN7S. The van der Waals surface area contributed by atoms with E-state index in [1.165, 1.54) is 5.00 Å². The first-order valence-electron chi connectivity index (χ1n) is 10.9. The van der Waals surface area contributed by atoms with Crippen LogP contribution in [-0.2, 0) is 6.54 Å². The summed E-state index contributed by atoms with van der Waals surface area (Å²) >= 11 is 1.82. The predicted octanol–water partition coefficient (Wildman–Crippen LogP) is 2.80. The Morgan fingerprint density at radius 3 is 2.39 bits per heavy atom. The van der Waals surface area contributed by atoms with Crippen molar-refractivity contribution >= 4 is 52.1 Å². The SMILES string of the molecule is CCNC(=NCc1ccc(N2CCN(C)CC2)nc1)N1CCN(c2cccs2)CC1.I. The summed E-state index contributed by atoms with van der Waals surface area (Å²) in [5, 5.41) is 6.98. The zero-order valence-corrected chi connectivity index (χ0v) is 21.7. The number of guanidine groups is 1. The topological polar surface area (TPSA) is 50.2 Å². The molecule has 0 saturated carbocycles. The van der Waals surface area contributed by atoms with Crippen LogP contribution in [0.3, 0.4) is 0 Å². The summed E-state index contributed by atoms with van der Waals surface area (Å²) in [6.07, 6.45) is 1.98. The average Bonchev–Trinajstić information content (AvgIpc) is 3.33. The highest BCUT2D eigenvalue weighted by atomic mass is 127. The smallest absolute Gasteiger partial charge is 0.194 e. The zero-order chi connectivity index (χ0) is 20.8. The van der Waals surface area contributed by atoms with Crippen molar-refractivity contribution in [3.63, 3.8) is 0 Å². The van der Waals surface area contributed by atoms with Crippen molar-refractivity contribution in [2.24, 2.45) is 4.99 Å². The third-order valence-corrected chi connectivity index (χ3v) is 6.71. The molecule has 0 spiro atoms. The Balaban J connectivity index is 0.00000272. The van der Waals surface area contributed by atoms with Gasteiger partial charge in [0.15, 0.2) is 5.96 Å². The van der Waals surface area contributed by atoms with Crippen molar-refractivity contribution in [2.45, 2.75) is 13.5 Å². The molecule has 7 nitrogen and oxygen atoms in total. The second-order valence-corrected chi connectivity index (χ2v) is 8.84. The monoisotopic (exact) mass is 555 g/mol. The molecule has 2 saturated heterocycles. The summed E-state index contributed by atoms with van der Waals surface area (Å²) in [7, 11) is 2.18. The first kappa shape index (κ1) is 24.1. The van der Waals surface area contributed by atoms with Gasteiger partial charge in [-0.2, -0.15) is 0 Å². The molecule has 0 radical (unpaired) electrons. The lowest BCUT2D eigenvalue weighted by molar-refractivity contribution is 0.312. The fraction of sp³-hybridized carbons (Fsp3) is 0.545. The number of thiophene rings is 1. The molecule has 1 N–H and O–H groups in total. The van der Waals surface area contributed by atoms with Crippen molar-refractivity contribution in [2.75, 3.05) is 75.8 Å². The largest absolute Gasteiger partial charge is 0.360 e. The number of nitrogens with one attached hydrogen (secondary N) is 1. The van der Waals surface area contributed by atoms with Crippen LogP contribution in [0.2, 0.25) is 0 Å². The molecule has 0 aliphatic carbocycles. The Kier molecular flexibility index (Phi) is 9.21. The van der Waals surface area contributed by atoms with E-state index >= 15 is 0 Å². The Morgan fingerprint density at radius 2 is 1.77 bits per heavy atom. The Labute approximate surface area is 207 Å². The van der Waals surface area contributed by atoms with E-state index < -0.39 is 0 Å². The number of hydrogen-bond donors (Lipinski definition) is 1. The maximum Gasteiger partial charge on any atom is 0.194 e. The van der Waals surface area contributed by atoms with Crippen molar-refractivity contribution in [3.05, 3.63) is 41.4 Å². The molecule has 31 heavy (non-hydrogen) atoms. The van der Waals surface area contributed by atoms with Gasteiger partial charge in [-0.25, -0.2) is 9.98 Å². The number of likely N-dealkylation sites (N-methyl/N-ethyl adjacent to an activating group) is 1. The molecule has 2 aromatic heterocycles. The molecule has 2 aromatic rings. The van der Waals surface area contributed by atoms with Crippen LogP contribution in [0.15, 0.2) is 40.8 Å². The van der Waals surface area contributed by atoms with E-state index in [1.807, 2.05) is 17.5 Å². The second kappa shape index (κ2) is 11.9. The number of aromatic nitrogens is 1. The highest BCUT2D eigenvalue weighted by molar-refractivity contribution is 14.0. The van der Waals surface area contributed by atoms with E-state index in [4.69, 9.17) is 9.98 Å². The molecule has 0 unspecified atom stereocenters. The van der Waals surface area contributed by atoms with Crippen molar-refractivity contribution < 1.29 is 0 Å². The van der Waals surface area contributed by atoms with Gasteiger partial charge < -0.3 is 24.9 Å². The van der Waals surface area contributed by atoms with Gasteiger partial charge in [0, 0.05) is 65.1 Å². The Bertz CT molecular complexity index is 796. The molecule has 0 amide bonds. The lowest BCUT2D eigenvalue weighted by atomic mass is 10.2. The number of pyridine rings is 1. The van der Waals surface area contributed by atoms with Crippen LogP contribution < -0.4 is 15.1 Å². The van der Waals surface area contributed by atoms with Gasteiger partial charge in [-0.3, -0.25) is 0 Å². The maximum absolute atomic E-state index is 4.90. The molecule has 4 heterocycles. The van der Waals surface area contributed by atoms with Gasteiger partial charge in [0.2, 0.25) is 0 Å². The predicted molar refractivity (Wildman–Crippen MR) is 142 cm³/mol. The molecule has 0 atom stereocenters. The number of hydrogen-bond acceptors (Lipinski definition) is 6. The van der Waals surface area contributed by atoms with Crippen LogP contribution in [0.25, 0.3) is 0 Å². The Morgan fingerprint density at radius 1 is 1.03 bits per heavy atom. The van der Waals surface area contributed by atoms with Crippen LogP contribution in [0, 0.1) is 0 Å².